The molecule has 3 N–H and O–H groups in total. The van der Waals surface area contributed by atoms with Crippen molar-refractivity contribution < 1.29 is 9.84 Å². The Hall–Kier alpha value is -1.10. The van der Waals surface area contributed by atoms with Crippen molar-refractivity contribution in [1.82, 2.24) is 0 Å². The molecule has 0 heterocycles. The summed E-state index contributed by atoms with van der Waals surface area (Å²) in [5.41, 5.74) is 8.07. The van der Waals surface area contributed by atoms with E-state index in [4.69, 9.17) is 15.6 Å². The molecular weight excluding hydrogens is 216 g/mol. The van der Waals surface area contributed by atoms with Gasteiger partial charge in [0, 0.05) is 25.3 Å². The van der Waals surface area contributed by atoms with Crippen LogP contribution in [-0.2, 0) is 4.74 Å². The van der Waals surface area contributed by atoms with Crippen LogP contribution in [0.2, 0.25) is 0 Å². The summed E-state index contributed by atoms with van der Waals surface area (Å²) < 4.78 is 5.23. The van der Waals surface area contributed by atoms with Crippen molar-refractivity contribution in [3.63, 3.8) is 0 Å². The Morgan fingerprint density at radius 1 is 1.29 bits per heavy atom. The van der Waals surface area contributed by atoms with Gasteiger partial charge in [0.2, 0.25) is 0 Å². The molecular formula is C13H22N2O2. The first kappa shape index (κ1) is 14.0. The number of aliphatic hydroxyl groups excluding tert-OH is 1. The zero-order valence-electron chi connectivity index (χ0n) is 10.6. The summed E-state index contributed by atoms with van der Waals surface area (Å²) in [4.78, 5) is 2.11. The van der Waals surface area contributed by atoms with Crippen LogP contribution in [0.1, 0.15) is 18.5 Å². The minimum absolute atomic E-state index is 0.0715. The first-order chi connectivity index (χ1) is 8.15. The normalized spacial score (nSPS) is 12.5. The highest BCUT2D eigenvalue weighted by Gasteiger charge is 2.02. The summed E-state index contributed by atoms with van der Waals surface area (Å²) in [6.07, 6.45) is 0. The average molecular weight is 238 g/mol. The number of rotatable bonds is 7. The van der Waals surface area contributed by atoms with E-state index in [9.17, 15) is 0 Å². The largest absolute Gasteiger partial charge is 0.394 e. The molecule has 1 unspecified atom stereocenters. The van der Waals surface area contributed by atoms with Crippen LogP contribution in [0, 0.1) is 0 Å². The third-order valence-corrected chi connectivity index (χ3v) is 2.67. The lowest BCUT2D eigenvalue weighted by molar-refractivity contribution is 0.0971. The molecule has 1 atom stereocenters. The number of anilines is 1. The quantitative estimate of drug-likeness (QED) is 0.700. The zero-order chi connectivity index (χ0) is 12.7. The summed E-state index contributed by atoms with van der Waals surface area (Å²) in [7, 11) is 2.02. The number of ether oxygens (including phenoxy) is 1. The molecule has 0 saturated heterocycles. The highest BCUT2D eigenvalue weighted by Crippen LogP contribution is 2.16. The molecule has 96 valence electrons. The second kappa shape index (κ2) is 7.27. The maximum absolute atomic E-state index is 8.58. The van der Waals surface area contributed by atoms with Gasteiger partial charge in [0.1, 0.15) is 0 Å². The molecule has 0 radical (unpaired) electrons. The third-order valence-electron chi connectivity index (χ3n) is 2.67. The Balaban J connectivity index is 2.43. The second-order valence-corrected chi connectivity index (χ2v) is 4.14. The van der Waals surface area contributed by atoms with Gasteiger partial charge >= 0.3 is 0 Å². The maximum atomic E-state index is 8.58. The van der Waals surface area contributed by atoms with Crippen LogP contribution < -0.4 is 10.6 Å². The van der Waals surface area contributed by atoms with Gasteiger partial charge in [-0.05, 0) is 24.6 Å². The van der Waals surface area contributed by atoms with Crippen molar-refractivity contribution in [3.05, 3.63) is 29.8 Å². The predicted octanol–water partition coefficient (Wildman–Crippen LogP) is 1.15. The number of hydrogen-bond acceptors (Lipinski definition) is 4. The molecule has 17 heavy (non-hydrogen) atoms. The molecule has 1 aromatic carbocycles. The van der Waals surface area contributed by atoms with Gasteiger partial charge in [0.05, 0.1) is 19.8 Å². The molecule has 0 saturated carbocycles. The van der Waals surface area contributed by atoms with Gasteiger partial charge in [-0.3, -0.25) is 0 Å². The molecule has 4 nitrogen and oxygen atoms in total. The summed E-state index contributed by atoms with van der Waals surface area (Å²) in [5.74, 6) is 0. The van der Waals surface area contributed by atoms with E-state index in [1.165, 1.54) is 0 Å². The van der Waals surface area contributed by atoms with Crippen molar-refractivity contribution in [3.8, 4) is 0 Å². The Labute approximate surface area is 103 Å². The van der Waals surface area contributed by atoms with E-state index in [0.717, 1.165) is 17.8 Å². The molecule has 1 aromatic rings. The van der Waals surface area contributed by atoms with Crippen molar-refractivity contribution >= 4 is 5.69 Å². The summed E-state index contributed by atoms with van der Waals surface area (Å²) >= 11 is 0. The van der Waals surface area contributed by atoms with Gasteiger partial charge in [0.15, 0.2) is 0 Å². The molecule has 0 aliphatic heterocycles. The highest BCUT2D eigenvalue weighted by molar-refractivity contribution is 5.47. The summed E-state index contributed by atoms with van der Waals surface area (Å²) in [5, 5.41) is 8.58. The van der Waals surface area contributed by atoms with Gasteiger partial charge in [-0.2, -0.15) is 0 Å². The van der Waals surface area contributed by atoms with E-state index >= 15 is 0 Å². The van der Waals surface area contributed by atoms with Gasteiger partial charge in [-0.15, -0.1) is 0 Å². The van der Waals surface area contributed by atoms with Crippen LogP contribution in [-0.4, -0.2) is 38.5 Å². The topological polar surface area (TPSA) is 58.7 Å². The lowest BCUT2D eigenvalue weighted by atomic mass is 10.1. The second-order valence-electron chi connectivity index (χ2n) is 4.14. The fraction of sp³-hybridized carbons (Fsp3) is 0.538. The van der Waals surface area contributed by atoms with Crippen molar-refractivity contribution in [2.75, 3.05) is 38.3 Å². The van der Waals surface area contributed by atoms with Gasteiger partial charge in [-0.1, -0.05) is 12.1 Å². The number of likely N-dealkylation sites (N-methyl/N-ethyl adjacent to an activating group) is 1. The van der Waals surface area contributed by atoms with E-state index in [1.807, 2.05) is 26.1 Å². The standard InChI is InChI=1S/C13H22N2O2/c1-11(14)12-3-5-13(6-4-12)15(2)7-9-17-10-8-16/h3-6,11,16H,7-10,14H2,1-2H3. The van der Waals surface area contributed by atoms with Crippen LogP contribution in [0.3, 0.4) is 0 Å². The molecule has 0 aromatic heterocycles. The highest BCUT2D eigenvalue weighted by atomic mass is 16.5. The van der Waals surface area contributed by atoms with E-state index in [0.29, 0.717) is 13.2 Å². The Morgan fingerprint density at radius 2 is 1.94 bits per heavy atom. The van der Waals surface area contributed by atoms with Crippen LogP contribution >= 0.6 is 0 Å². The van der Waals surface area contributed by atoms with Crippen molar-refractivity contribution in [2.24, 2.45) is 5.73 Å². The lowest BCUT2D eigenvalue weighted by Gasteiger charge is -2.19. The smallest absolute Gasteiger partial charge is 0.0698 e. The Bertz CT molecular complexity index is 312. The van der Waals surface area contributed by atoms with Gasteiger partial charge in [0.25, 0.3) is 0 Å². The predicted molar refractivity (Wildman–Crippen MR) is 70.2 cm³/mol. The summed E-state index contributed by atoms with van der Waals surface area (Å²) in [6.45, 7) is 3.87. The molecule has 0 bridgehead atoms. The van der Waals surface area contributed by atoms with E-state index in [1.54, 1.807) is 0 Å². The molecule has 0 fully saturated rings. The molecule has 0 amide bonds. The molecule has 1 rings (SSSR count). The van der Waals surface area contributed by atoms with E-state index < -0.39 is 0 Å². The van der Waals surface area contributed by atoms with Gasteiger partial charge < -0.3 is 20.5 Å². The molecule has 0 aliphatic rings. The SMILES string of the molecule is CC(N)c1ccc(N(C)CCOCCO)cc1. The van der Waals surface area contributed by atoms with Crippen LogP contribution in [0.5, 0.6) is 0 Å². The first-order valence-corrected chi connectivity index (χ1v) is 5.90. The first-order valence-electron chi connectivity index (χ1n) is 5.90. The van der Waals surface area contributed by atoms with Crippen molar-refractivity contribution in [1.29, 1.82) is 0 Å². The fourth-order valence-corrected chi connectivity index (χ4v) is 1.53. The Kier molecular flexibility index (Phi) is 5.97. The Morgan fingerprint density at radius 3 is 2.47 bits per heavy atom. The molecule has 0 aliphatic carbocycles. The zero-order valence-corrected chi connectivity index (χ0v) is 10.6. The van der Waals surface area contributed by atoms with E-state index in [-0.39, 0.29) is 12.6 Å². The summed E-state index contributed by atoms with van der Waals surface area (Å²) in [6, 6.07) is 8.29. The average Bonchev–Trinajstić information content (AvgIpc) is 2.34. The molecule has 0 spiro atoms. The number of aliphatic hydroxyl groups is 1. The number of nitrogens with two attached hydrogens (primary N) is 1. The fourth-order valence-electron chi connectivity index (χ4n) is 1.53. The van der Waals surface area contributed by atoms with Crippen molar-refractivity contribution in [2.45, 2.75) is 13.0 Å². The van der Waals surface area contributed by atoms with Crippen LogP contribution in [0.25, 0.3) is 0 Å². The minimum atomic E-state index is 0.0715. The number of hydrogen-bond donors (Lipinski definition) is 2. The number of benzene rings is 1. The molecule has 4 heteroatoms. The maximum Gasteiger partial charge on any atom is 0.0698 e. The van der Waals surface area contributed by atoms with Crippen LogP contribution in [0.4, 0.5) is 5.69 Å². The van der Waals surface area contributed by atoms with E-state index in [2.05, 4.69) is 17.0 Å². The van der Waals surface area contributed by atoms with Crippen LogP contribution in [0.15, 0.2) is 24.3 Å². The monoisotopic (exact) mass is 238 g/mol. The lowest BCUT2D eigenvalue weighted by Crippen LogP contribution is -2.23. The van der Waals surface area contributed by atoms with Gasteiger partial charge in [-0.25, -0.2) is 0 Å². The third kappa shape index (κ3) is 4.73. The minimum Gasteiger partial charge on any atom is -0.394 e. The number of nitrogens with zero attached hydrogens (tertiary/aromatic N) is 1.